The molecule has 1 amide bonds. The maximum absolute atomic E-state index is 11.8. The number of aryl methyl sites for hydroxylation is 3. The Morgan fingerprint density at radius 1 is 1.40 bits per heavy atom. The topological polar surface area (TPSA) is 38.1 Å². The third-order valence-electron chi connectivity index (χ3n) is 3.43. The van der Waals surface area contributed by atoms with Crippen LogP contribution in [0.5, 0.6) is 0 Å². The summed E-state index contributed by atoms with van der Waals surface area (Å²) in [6.45, 7) is 2.69. The average Bonchev–Trinajstić information content (AvgIpc) is 2.76. The molecule has 0 radical (unpaired) electrons. The Balaban J connectivity index is 2.36. The van der Waals surface area contributed by atoms with E-state index in [1.54, 1.807) is 19.0 Å². The van der Waals surface area contributed by atoms with Crippen LogP contribution in [-0.4, -0.2) is 40.3 Å². The van der Waals surface area contributed by atoms with Crippen molar-refractivity contribution in [3.8, 4) is 0 Å². The second-order valence-corrected chi connectivity index (χ2v) is 5.48. The molecule has 0 saturated heterocycles. The van der Waals surface area contributed by atoms with Gasteiger partial charge in [0.1, 0.15) is 5.82 Å². The molecule has 2 rings (SSSR count). The number of benzene rings is 1. The molecular formula is C15H20ClN3O. The van der Waals surface area contributed by atoms with Crippen LogP contribution in [0.2, 0.25) is 0 Å². The Morgan fingerprint density at radius 2 is 2.15 bits per heavy atom. The van der Waals surface area contributed by atoms with Crippen molar-refractivity contribution in [1.82, 2.24) is 14.5 Å². The van der Waals surface area contributed by atoms with Crippen LogP contribution in [0.25, 0.3) is 11.0 Å². The summed E-state index contributed by atoms with van der Waals surface area (Å²) in [4.78, 5) is 18.1. The van der Waals surface area contributed by atoms with Gasteiger partial charge in [-0.2, -0.15) is 0 Å². The summed E-state index contributed by atoms with van der Waals surface area (Å²) in [5.74, 6) is 1.61. The van der Waals surface area contributed by atoms with E-state index in [2.05, 4.69) is 22.5 Å². The van der Waals surface area contributed by atoms with Crippen LogP contribution in [0.4, 0.5) is 0 Å². The van der Waals surface area contributed by atoms with Gasteiger partial charge in [0.05, 0.1) is 11.0 Å². The summed E-state index contributed by atoms with van der Waals surface area (Å²) in [5, 5.41) is 0. The molecule has 0 aliphatic rings. The molecule has 2 aromatic rings. The number of halogens is 1. The monoisotopic (exact) mass is 293 g/mol. The molecule has 0 bridgehead atoms. The first-order chi connectivity index (χ1) is 9.54. The fourth-order valence-electron chi connectivity index (χ4n) is 2.29. The third-order valence-corrected chi connectivity index (χ3v) is 3.61. The van der Waals surface area contributed by atoms with E-state index in [-0.39, 0.29) is 5.91 Å². The second kappa shape index (κ2) is 6.27. The Hall–Kier alpha value is -1.55. The minimum absolute atomic E-state index is 0.122. The van der Waals surface area contributed by atoms with Gasteiger partial charge in [-0.05, 0) is 18.6 Å². The predicted octanol–water partition coefficient (Wildman–Crippen LogP) is 2.60. The van der Waals surface area contributed by atoms with Crippen molar-refractivity contribution in [2.45, 2.75) is 26.3 Å². The lowest BCUT2D eigenvalue weighted by molar-refractivity contribution is -0.128. The van der Waals surface area contributed by atoms with Crippen molar-refractivity contribution >= 4 is 28.5 Å². The van der Waals surface area contributed by atoms with Gasteiger partial charge in [-0.25, -0.2) is 4.98 Å². The zero-order valence-electron chi connectivity index (χ0n) is 12.2. The number of amides is 1. The van der Waals surface area contributed by atoms with Gasteiger partial charge in [-0.1, -0.05) is 12.1 Å². The molecule has 0 saturated carbocycles. The highest BCUT2D eigenvalue weighted by Crippen LogP contribution is 2.20. The van der Waals surface area contributed by atoms with E-state index in [0.717, 1.165) is 22.4 Å². The summed E-state index contributed by atoms with van der Waals surface area (Å²) in [6, 6.07) is 6.12. The molecule has 0 spiro atoms. The minimum Gasteiger partial charge on any atom is -0.349 e. The lowest BCUT2D eigenvalue weighted by atomic mass is 10.2. The average molecular weight is 294 g/mol. The van der Waals surface area contributed by atoms with Crippen molar-refractivity contribution in [3.05, 3.63) is 29.6 Å². The van der Waals surface area contributed by atoms with Crippen LogP contribution in [-0.2, 0) is 17.8 Å². The van der Waals surface area contributed by atoms with E-state index in [9.17, 15) is 4.79 Å². The highest BCUT2D eigenvalue weighted by molar-refractivity contribution is 6.17. The number of carbonyl (C=O) groups is 1. The maximum Gasteiger partial charge on any atom is 0.223 e. The third kappa shape index (κ3) is 2.96. The van der Waals surface area contributed by atoms with E-state index < -0.39 is 0 Å². The normalized spacial score (nSPS) is 11.0. The maximum atomic E-state index is 11.8. The fraction of sp³-hybridized carbons (Fsp3) is 0.467. The van der Waals surface area contributed by atoms with Gasteiger partial charge in [0.15, 0.2) is 0 Å². The summed E-state index contributed by atoms with van der Waals surface area (Å²) in [5.41, 5.74) is 3.23. The number of aromatic nitrogens is 2. The first-order valence-corrected chi connectivity index (χ1v) is 7.29. The van der Waals surface area contributed by atoms with Gasteiger partial charge in [-0.3, -0.25) is 4.79 Å². The van der Waals surface area contributed by atoms with Crippen molar-refractivity contribution in [2.24, 2.45) is 0 Å². The number of hydrogen-bond acceptors (Lipinski definition) is 2. The van der Waals surface area contributed by atoms with Gasteiger partial charge in [0.25, 0.3) is 0 Å². The Labute approximate surface area is 124 Å². The number of nitrogens with zero attached hydrogens (tertiary/aromatic N) is 3. The van der Waals surface area contributed by atoms with Crippen molar-refractivity contribution in [1.29, 1.82) is 0 Å². The molecule has 4 nitrogen and oxygen atoms in total. The van der Waals surface area contributed by atoms with Gasteiger partial charge in [0.2, 0.25) is 5.91 Å². The van der Waals surface area contributed by atoms with E-state index in [0.29, 0.717) is 25.3 Å². The fourth-order valence-corrected chi connectivity index (χ4v) is 2.46. The molecule has 108 valence electrons. The molecule has 20 heavy (non-hydrogen) atoms. The highest BCUT2D eigenvalue weighted by atomic mass is 35.5. The lowest BCUT2D eigenvalue weighted by Gasteiger charge is -2.12. The Bertz CT molecular complexity index is 619. The lowest BCUT2D eigenvalue weighted by Crippen LogP contribution is -2.23. The minimum atomic E-state index is 0.122. The predicted molar refractivity (Wildman–Crippen MR) is 82.2 cm³/mol. The van der Waals surface area contributed by atoms with Gasteiger partial charge in [0, 0.05) is 39.4 Å². The number of fused-ring (bicyclic) bond motifs is 1. The molecule has 0 fully saturated rings. The molecule has 0 unspecified atom stereocenters. The summed E-state index contributed by atoms with van der Waals surface area (Å²) in [6.07, 6.45) is 1.19. The van der Waals surface area contributed by atoms with Crippen molar-refractivity contribution in [3.63, 3.8) is 0 Å². The Kier molecular flexibility index (Phi) is 4.65. The number of rotatable bonds is 5. The molecule has 0 N–H and O–H groups in total. The smallest absolute Gasteiger partial charge is 0.223 e. The molecule has 1 aromatic carbocycles. The first kappa shape index (κ1) is 14.9. The van der Waals surface area contributed by atoms with Gasteiger partial charge in [-0.15, -0.1) is 11.6 Å². The van der Waals surface area contributed by atoms with Crippen LogP contribution in [0.1, 0.15) is 17.8 Å². The molecular weight excluding hydrogens is 274 g/mol. The number of para-hydroxylation sites is 1. The van der Waals surface area contributed by atoms with Crippen molar-refractivity contribution < 1.29 is 4.79 Å². The quantitative estimate of drug-likeness (QED) is 0.795. The standard InChI is InChI=1S/C15H20ClN3O/c1-11-5-4-6-12-15(11)17-13(7-9-16)19(12)10-8-14(20)18(2)3/h4-6H,7-10H2,1-3H3. The molecule has 5 heteroatoms. The molecule has 0 aliphatic carbocycles. The second-order valence-electron chi connectivity index (χ2n) is 5.10. The zero-order valence-corrected chi connectivity index (χ0v) is 12.9. The number of alkyl halides is 1. The van der Waals surface area contributed by atoms with Crippen LogP contribution in [0, 0.1) is 6.92 Å². The molecule has 0 atom stereocenters. The summed E-state index contributed by atoms with van der Waals surface area (Å²) < 4.78 is 2.12. The summed E-state index contributed by atoms with van der Waals surface area (Å²) in [7, 11) is 3.55. The number of carbonyl (C=O) groups excluding carboxylic acids is 1. The summed E-state index contributed by atoms with van der Waals surface area (Å²) >= 11 is 5.86. The van der Waals surface area contributed by atoms with Crippen molar-refractivity contribution in [2.75, 3.05) is 20.0 Å². The highest BCUT2D eigenvalue weighted by Gasteiger charge is 2.13. The molecule has 0 aliphatic heterocycles. The van der Waals surface area contributed by atoms with Gasteiger partial charge >= 0.3 is 0 Å². The molecule has 1 aromatic heterocycles. The van der Waals surface area contributed by atoms with E-state index in [1.807, 2.05) is 12.1 Å². The van der Waals surface area contributed by atoms with E-state index in [4.69, 9.17) is 11.6 Å². The zero-order chi connectivity index (χ0) is 14.7. The van der Waals surface area contributed by atoms with Crippen LogP contribution in [0.15, 0.2) is 18.2 Å². The number of imidazole rings is 1. The van der Waals surface area contributed by atoms with E-state index in [1.165, 1.54) is 0 Å². The van der Waals surface area contributed by atoms with Crippen LogP contribution in [0.3, 0.4) is 0 Å². The van der Waals surface area contributed by atoms with Crippen LogP contribution < -0.4 is 0 Å². The van der Waals surface area contributed by atoms with E-state index >= 15 is 0 Å². The van der Waals surface area contributed by atoms with Crippen LogP contribution >= 0.6 is 11.6 Å². The largest absolute Gasteiger partial charge is 0.349 e. The SMILES string of the molecule is Cc1cccc2c1nc(CCCl)n2CCC(=O)N(C)C. The molecule has 1 heterocycles. The van der Waals surface area contributed by atoms with Gasteiger partial charge < -0.3 is 9.47 Å². The Morgan fingerprint density at radius 3 is 2.80 bits per heavy atom. The number of hydrogen-bond donors (Lipinski definition) is 0. The first-order valence-electron chi connectivity index (χ1n) is 6.75.